The van der Waals surface area contributed by atoms with Crippen LogP contribution in [0.2, 0.25) is 0 Å². The lowest BCUT2D eigenvalue weighted by molar-refractivity contribution is -0.870. The number of hydrogen-bond acceptors (Lipinski definition) is 7. The lowest BCUT2D eigenvalue weighted by Gasteiger charge is -2.25. The summed E-state index contributed by atoms with van der Waals surface area (Å²) in [6.07, 6.45) is 84.2. The second kappa shape index (κ2) is 64.5. The van der Waals surface area contributed by atoms with Crippen LogP contribution in [0.25, 0.3) is 0 Å². The van der Waals surface area contributed by atoms with Crippen LogP contribution in [0, 0.1) is 0 Å². The molecule has 2 unspecified atom stereocenters. The summed E-state index contributed by atoms with van der Waals surface area (Å²) >= 11 is 0. The number of carboxylic acid groups (broad SMARTS) is 1. The maximum absolute atomic E-state index is 12.9. The van der Waals surface area contributed by atoms with Crippen molar-refractivity contribution in [2.24, 2.45) is 0 Å². The van der Waals surface area contributed by atoms with E-state index in [-0.39, 0.29) is 32.2 Å². The van der Waals surface area contributed by atoms with Crippen LogP contribution >= 0.6 is 0 Å². The molecule has 0 saturated carbocycles. The van der Waals surface area contributed by atoms with E-state index in [9.17, 15) is 19.5 Å². The molecule has 0 spiro atoms. The van der Waals surface area contributed by atoms with Gasteiger partial charge in [0, 0.05) is 12.8 Å². The number of ether oxygens (including phenoxy) is 4. The van der Waals surface area contributed by atoms with Gasteiger partial charge in [0.2, 0.25) is 0 Å². The number of hydrogen-bond donors (Lipinski definition) is 1. The highest BCUT2D eigenvalue weighted by atomic mass is 16.7. The minimum absolute atomic E-state index is 0.180. The van der Waals surface area contributed by atoms with Crippen LogP contribution in [0.1, 0.15) is 309 Å². The fourth-order valence-corrected chi connectivity index (χ4v) is 9.84. The highest BCUT2D eigenvalue weighted by molar-refractivity contribution is 5.71. The second-order valence-corrected chi connectivity index (χ2v) is 24.5. The highest BCUT2D eigenvalue weighted by Crippen LogP contribution is 2.18. The van der Waals surface area contributed by atoms with Gasteiger partial charge in [0.25, 0.3) is 6.29 Å². The molecule has 0 saturated heterocycles. The Hall–Kier alpha value is -3.53. The third-order valence-electron chi connectivity index (χ3n) is 15.1. The van der Waals surface area contributed by atoms with Crippen molar-refractivity contribution < 1.29 is 42.9 Å². The minimum Gasteiger partial charge on any atom is -0.477 e. The molecular weight excluding hydrogens is 1030 g/mol. The molecule has 0 radical (unpaired) electrons. The third kappa shape index (κ3) is 65.9. The molecule has 1 N–H and O–H groups in total. The molecule has 0 heterocycles. The number of carbonyl (C=O) groups is 3. The maximum atomic E-state index is 12.9. The summed E-state index contributed by atoms with van der Waals surface area (Å²) < 4.78 is 22.9. The molecule has 0 aromatic heterocycles. The lowest BCUT2D eigenvalue weighted by Crippen LogP contribution is -2.40. The van der Waals surface area contributed by atoms with Crippen molar-refractivity contribution in [3.63, 3.8) is 0 Å². The Balaban J connectivity index is 4.09. The van der Waals surface area contributed by atoms with Gasteiger partial charge in [-0.25, -0.2) is 4.79 Å². The van der Waals surface area contributed by atoms with Crippen molar-refractivity contribution in [2.75, 3.05) is 47.5 Å². The monoisotopic (exact) mass is 1160 g/mol. The molecule has 0 aliphatic rings. The van der Waals surface area contributed by atoms with Gasteiger partial charge in [-0.3, -0.25) is 9.59 Å². The van der Waals surface area contributed by atoms with E-state index in [1.165, 1.54) is 193 Å². The number of nitrogens with zero attached hydrogens (tertiary/aromatic N) is 1. The average Bonchev–Trinajstić information content (AvgIpc) is 3.46. The number of unbranched alkanes of at least 4 members (excludes halogenated alkanes) is 35. The summed E-state index contributed by atoms with van der Waals surface area (Å²) in [6, 6.07) is 0. The number of aliphatic carboxylic acids is 1. The van der Waals surface area contributed by atoms with Crippen molar-refractivity contribution in [2.45, 2.75) is 322 Å². The molecule has 2 atom stereocenters. The third-order valence-corrected chi connectivity index (χ3v) is 15.1. The first kappa shape index (κ1) is 79.5. The summed E-state index contributed by atoms with van der Waals surface area (Å²) in [5.74, 6) is -2.03. The topological polar surface area (TPSA) is 108 Å². The molecule has 0 aromatic carbocycles. The fourth-order valence-electron chi connectivity index (χ4n) is 9.84. The number of esters is 2. The Bertz CT molecular complexity index is 1640. The number of allylic oxidation sites excluding steroid dienone is 14. The van der Waals surface area contributed by atoms with Gasteiger partial charge < -0.3 is 28.5 Å². The van der Waals surface area contributed by atoms with Gasteiger partial charge in [-0.15, -0.1) is 0 Å². The number of rotatable bonds is 64. The Morgan fingerprint density at radius 1 is 0.373 bits per heavy atom. The number of quaternary nitrogens is 1. The van der Waals surface area contributed by atoms with Crippen LogP contribution in [0.15, 0.2) is 85.1 Å². The van der Waals surface area contributed by atoms with E-state index in [0.29, 0.717) is 23.9 Å². The normalized spacial score (nSPS) is 13.2. The first-order chi connectivity index (χ1) is 40.6. The maximum Gasteiger partial charge on any atom is 0.361 e. The van der Waals surface area contributed by atoms with Gasteiger partial charge >= 0.3 is 17.9 Å². The molecule has 0 aromatic rings. The van der Waals surface area contributed by atoms with E-state index < -0.39 is 24.3 Å². The predicted molar refractivity (Wildman–Crippen MR) is 355 cm³/mol. The van der Waals surface area contributed by atoms with Gasteiger partial charge in [-0.1, -0.05) is 292 Å². The molecule has 0 amide bonds. The van der Waals surface area contributed by atoms with Crippen molar-refractivity contribution in [3.8, 4) is 0 Å². The van der Waals surface area contributed by atoms with Crippen LogP contribution < -0.4 is 0 Å². The average molecular weight is 1160 g/mol. The van der Waals surface area contributed by atoms with E-state index in [4.69, 9.17) is 18.9 Å². The zero-order chi connectivity index (χ0) is 60.5. The summed E-state index contributed by atoms with van der Waals surface area (Å²) in [7, 11) is 5.97. The molecule has 0 bridgehead atoms. The van der Waals surface area contributed by atoms with Crippen molar-refractivity contribution >= 4 is 17.9 Å². The summed E-state index contributed by atoms with van der Waals surface area (Å²) in [5.41, 5.74) is 0. The highest BCUT2D eigenvalue weighted by Gasteiger charge is 2.25. The van der Waals surface area contributed by atoms with E-state index in [1.54, 1.807) is 0 Å². The standard InChI is InChI=1S/C74H131NO8/c1-6-8-10-12-14-16-18-20-22-24-26-28-30-31-32-33-34-35-36-37-38-39-40-41-43-44-46-48-50-52-54-56-58-60-62-64-71(76)81-68-70(69-82-74(73(78)79)80-67-66-75(3,4)5)83-72(77)65-63-61-59-57-55-53-51-49-47-45-42-29-27-25-23-21-19-17-15-13-11-9-7-2/h9,11,15,17,21,23-24,26-27,29,45,47,51,53,70,74H,6-8,10,12-14,16,18-20,22,25,28,30-44,46,48-50,52,54-69H2,1-5H3/p+1/b11-9-,17-15-,23-21-,26-24-,29-27-,47-45-,53-51-. The van der Waals surface area contributed by atoms with Gasteiger partial charge in [0.1, 0.15) is 13.2 Å². The second-order valence-electron chi connectivity index (χ2n) is 24.5. The van der Waals surface area contributed by atoms with E-state index in [2.05, 4.69) is 98.9 Å². The zero-order valence-electron chi connectivity index (χ0n) is 54.8. The molecule has 0 rings (SSSR count). The molecular formula is C74H132NO8+. The number of carboxylic acids is 1. The van der Waals surface area contributed by atoms with Crippen LogP contribution in [0.5, 0.6) is 0 Å². The fraction of sp³-hybridized carbons (Fsp3) is 0.770. The zero-order valence-corrected chi connectivity index (χ0v) is 54.8. The van der Waals surface area contributed by atoms with Crippen molar-refractivity contribution in [3.05, 3.63) is 85.1 Å². The summed E-state index contributed by atoms with van der Waals surface area (Å²) in [6.45, 7) is 4.76. The molecule has 0 fully saturated rings. The predicted octanol–water partition coefficient (Wildman–Crippen LogP) is 21.5. The quantitative estimate of drug-likeness (QED) is 0.0211. The summed E-state index contributed by atoms with van der Waals surface area (Å²) in [5, 5.41) is 9.73. The molecule has 0 aliphatic carbocycles. The molecule has 83 heavy (non-hydrogen) atoms. The largest absolute Gasteiger partial charge is 0.477 e. The summed E-state index contributed by atoms with van der Waals surface area (Å²) in [4.78, 5) is 37.6. The van der Waals surface area contributed by atoms with E-state index in [1.807, 2.05) is 21.1 Å². The number of carbonyl (C=O) groups excluding carboxylic acids is 2. The van der Waals surface area contributed by atoms with Crippen LogP contribution in [-0.4, -0.2) is 87.4 Å². The van der Waals surface area contributed by atoms with Crippen LogP contribution in [-0.2, 0) is 33.3 Å². The first-order valence-electron chi connectivity index (χ1n) is 34.8. The molecule has 480 valence electrons. The first-order valence-corrected chi connectivity index (χ1v) is 34.8. The van der Waals surface area contributed by atoms with Crippen LogP contribution in [0.4, 0.5) is 0 Å². The molecule has 9 heteroatoms. The molecule has 0 aliphatic heterocycles. The Morgan fingerprint density at radius 2 is 0.687 bits per heavy atom. The lowest BCUT2D eigenvalue weighted by atomic mass is 10.0. The van der Waals surface area contributed by atoms with Crippen molar-refractivity contribution in [1.29, 1.82) is 0 Å². The van der Waals surface area contributed by atoms with E-state index >= 15 is 0 Å². The van der Waals surface area contributed by atoms with Crippen LogP contribution in [0.3, 0.4) is 0 Å². The van der Waals surface area contributed by atoms with Crippen molar-refractivity contribution in [1.82, 2.24) is 0 Å². The number of likely N-dealkylation sites (N-methyl/N-ethyl adjacent to an activating group) is 1. The smallest absolute Gasteiger partial charge is 0.361 e. The van der Waals surface area contributed by atoms with Gasteiger partial charge in [-0.2, -0.15) is 0 Å². The Labute approximate surface area is 512 Å². The van der Waals surface area contributed by atoms with E-state index in [0.717, 1.165) is 83.5 Å². The van der Waals surface area contributed by atoms with Gasteiger partial charge in [0.05, 0.1) is 34.4 Å². The Kier molecular flexibility index (Phi) is 61.7. The Morgan fingerprint density at radius 3 is 1.04 bits per heavy atom. The minimum atomic E-state index is -1.52. The molecule has 9 nitrogen and oxygen atoms in total. The van der Waals surface area contributed by atoms with Gasteiger partial charge in [0.15, 0.2) is 6.10 Å². The van der Waals surface area contributed by atoms with Gasteiger partial charge in [-0.05, 0) is 89.9 Å². The SMILES string of the molecule is CC/C=C\C/C=C\C/C=C\C/C=C\C/C=C\C/C=C\CCCCCCC(=O)OC(COC(=O)CCCCCCCCCCCCCCCCCCCCCCCCC/C=C\CCCCCCCCCC)COC(OCC[N+](C)(C)C)C(=O)O.